The first-order valence-corrected chi connectivity index (χ1v) is 12.2. The minimum atomic E-state index is 0.761. The predicted octanol–water partition coefficient (Wildman–Crippen LogP) is 5.48. The molecular weight excluding hydrogens is 392 g/mol. The highest BCUT2D eigenvalue weighted by atomic mass is 32.2. The molecule has 1 unspecified atom stereocenters. The molecule has 5 rings (SSSR count). The van der Waals surface area contributed by atoms with E-state index in [-0.39, 0.29) is 0 Å². The Hall–Kier alpha value is -1.57. The normalized spacial score (nSPS) is 16.9. The quantitative estimate of drug-likeness (QED) is 0.328. The van der Waals surface area contributed by atoms with Gasteiger partial charge in [0, 0.05) is 10.6 Å². The molecule has 1 atom stereocenters. The van der Waals surface area contributed by atoms with Crippen molar-refractivity contribution in [3.63, 3.8) is 0 Å². The zero-order valence-corrected chi connectivity index (χ0v) is 17.8. The van der Waals surface area contributed by atoms with Crippen LogP contribution in [0.4, 0.5) is 0 Å². The molecule has 4 aromatic rings. The van der Waals surface area contributed by atoms with Gasteiger partial charge in [-0.15, -0.1) is 21.5 Å². The molecule has 0 spiro atoms. The molecule has 0 aliphatic heterocycles. The molecule has 3 aromatic heterocycles. The average Bonchev–Trinajstić information content (AvgIpc) is 3.26. The number of thioether (sulfide) groups is 2. The topological polar surface area (TPSA) is 43.1 Å². The fourth-order valence-corrected chi connectivity index (χ4v) is 6.66. The minimum absolute atomic E-state index is 0.761. The van der Waals surface area contributed by atoms with Crippen LogP contribution in [0.1, 0.15) is 29.3 Å². The smallest absolute Gasteiger partial charge is 0.198 e. The van der Waals surface area contributed by atoms with Gasteiger partial charge < -0.3 is 0 Å². The van der Waals surface area contributed by atoms with E-state index in [4.69, 9.17) is 4.98 Å². The van der Waals surface area contributed by atoms with Gasteiger partial charge in [0.05, 0.1) is 5.39 Å². The second-order valence-electron chi connectivity index (χ2n) is 7.05. The summed E-state index contributed by atoms with van der Waals surface area (Å²) in [4.78, 5) is 7.61. The Morgan fingerprint density at radius 2 is 2.04 bits per heavy atom. The van der Waals surface area contributed by atoms with E-state index in [1.807, 2.05) is 17.4 Å². The van der Waals surface area contributed by atoms with Crippen LogP contribution < -0.4 is 0 Å². The van der Waals surface area contributed by atoms with Crippen LogP contribution in [0.25, 0.3) is 15.9 Å². The first kappa shape index (κ1) is 17.5. The molecule has 138 valence electrons. The lowest BCUT2D eigenvalue weighted by molar-refractivity contribution is 0.509. The highest BCUT2D eigenvalue weighted by Gasteiger charge is 2.25. The van der Waals surface area contributed by atoms with Crippen LogP contribution in [-0.4, -0.2) is 25.8 Å². The van der Waals surface area contributed by atoms with E-state index in [0.29, 0.717) is 0 Å². The van der Waals surface area contributed by atoms with Crippen molar-refractivity contribution in [3.8, 4) is 0 Å². The Kier molecular flexibility index (Phi) is 4.61. The van der Waals surface area contributed by atoms with Crippen LogP contribution in [0.2, 0.25) is 0 Å². The van der Waals surface area contributed by atoms with E-state index >= 15 is 0 Å². The van der Waals surface area contributed by atoms with Gasteiger partial charge in [-0.05, 0) is 42.6 Å². The average molecular weight is 413 g/mol. The SMILES string of the molecule is CSc1nc2sc3c(c2c2nnc(SCc4ccccc4)n12)CCC(C)C3. The Bertz CT molecular complexity index is 1120. The van der Waals surface area contributed by atoms with Crippen molar-refractivity contribution < 1.29 is 0 Å². The van der Waals surface area contributed by atoms with E-state index in [0.717, 1.165) is 38.9 Å². The predicted molar refractivity (Wildman–Crippen MR) is 115 cm³/mol. The largest absolute Gasteiger partial charge is 0.248 e. The molecule has 0 fully saturated rings. The van der Waals surface area contributed by atoms with Crippen molar-refractivity contribution in [1.29, 1.82) is 0 Å². The van der Waals surface area contributed by atoms with Gasteiger partial charge in [-0.25, -0.2) is 9.38 Å². The summed E-state index contributed by atoms with van der Waals surface area (Å²) in [5, 5.41) is 12.3. The summed E-state index contributed by atoms with van der Waals surface area (Å²) < 4.78 is 2.16. The molecule has 0 N–H and O–H groups in total. The molecule has 0 bridgehead atoms. The second-order valence-corrected chi connectivity index (χ2v) is 9.85. The summed E-state index contributed by atoms with van der Waals surface area (Å²) in [6.07, 6.45) is 5.63. The lowest BCUT2D eigenvalue weighted by atomic mass is 9.89. The monoisotopic (exact) mass is 412 g/mol. The molecule has 0 amide bonds. The molecule has 0 saturated carbocycles. The van der Waals surface area contributed by atoms with Crippen molar-refractivity contribution >= 4 is 50.7 Å². The summed E-state index contributed by atoms with van der Waals surface area (Å²) in [5.74, 6) is 1.64. The molecule has 1 aliphatic carbocycles. The van der Waals surface area contributed by atoms with Gasteiger partial charge in [0.1, 0.15) is 4.83 Å². The van der Waals surface area contributed by atoms with Crippen LogP contribution in [-0.2, 0) is 18.6 Å². The third-order valence-electron chi connectivity index (χ3n) is 5.13. The van der Waals surface area contributed by atoms with E-state index in [2.05, 4.69) is 52.0 Å². The number of thiophene rings is 1. The molecular formula is C20H20N4S3. The number of aromatic nitrogens is 4. The number of aryl methyl sites for hydroxylation is 1. The van der Waals surface area contributed by atoms with Gasteiger partial charge in [-0.2, -0.15) is 0 Å². The van der Waals surface area contributed by atoms with E-state index in [1.54, 1.807) is 23.5 Å². The summed E-state index contributed by atoms with van der Waals surface area (Å²) in [5.41, 5.74) is 3.73. The maximum absolute atomic E-state index is 4.99. The van der Waals surface area contributed by atoms with E-state index in [9.17, 15) is 0 Å². The zero-order valence-electron chi connectivity index (χ0n) is 15.3. The lowest BCUT2D eigenvalue weighted by Gasteiger charge is -2.17. The number of benzene rings is 1. The lowest BCUT2D eigenvalue weighted by Crippen LogP contribution is -2.08. The standard InChI is InChI=1S/C20H20N4S3/c1-12-8-9-14-15(10-12)27-18-16(14)17-22-23-20(24(17)19(21-18)25-2)26-11-13-6-4-3-5-7-13/h3-7,12H,8-11H2,1-2H3. The number of hydrogen-bond acceptors (Lipinski definition) is 6. The van der Waals surface area contributed by atoms with Gasteiger partial charge in [-0.1, -0.05) is 60.8 Å². The molecule has 4 nitrogen and oxygen atoms in total. The molecule has 1 aliphatic rings. The van der Waals surface area contributed by atoms with Gasteiger partial charge in [0.2, 0.25) is 0 Å². The molecule has 27 heavy (non-hydrogen) atoms. The summed E-state index contributed by atoms with van der Waals surface area (Å²) in [7, 11) is 0. The fraction of sp³-hybridized carbons (Fsp3) is 0.350. The Morgan fingerprint density at radius 1 is 1.19 bits per heavy atom. The second kappa shape index (κ2) is 7.11. The van der Waals surface area contributed by atoms with Gasteiger partial charge >= 0.3 is 0 Å². The van der Waals surface area contributed by atoms with E-state index < -0.39 is 0 Å². The Morgan fingerprint density at radius 3 is 2.85 bits per heavy atom. The number of fused-ring (bicyclic) bond motifs is 5. The highest BCUT2D eigenvalue weighted by Crippen LogP contribution is 2.40. The molecule has 0 saturated heterocycles. The van der Waals surface area contributed by atoms with Crippen LogP contribution in [0.3, 0.4) is 0 Å². The third kappa shape index (κ3) is 3.05. The van der Waals surface area contributed by atoms with Crippen molar-refractivity contribution in [2.75, 3.05) is 6.26 Å². The van der Waals surface area contributed by atoms with Gasteiger partial charge in [0.25, 0.3) is 0 Å². The first-order chi connectivity index (χ1) is 13.2. The number of rotatable bonds is 4. The Labute approximate surface area is 170 Å². The summed E-state index contributed by atoms with van der Waals surface area (Å²) >= 11 is 5.25. The van der Waals surface area contributed by atoms with Gasteiger partial charge in [-0.3, -0.25) is 0 Å². The zero-order chi connectivity index (χ0) is 18.4. The van der Waals surface area contributed by atoms with Crippen molar-refractivity contribution in [2.45, 2.75) is 42.3 Å². The van der Waals surface area contributed by atoms with Crippen LogP contribution in [0, 0.1) is 5.92 Å². The van der Waals surface area contributed by atoms with Crippen LogP contribution in [0.5, 0.6) is 0 Å². The first-order valence-electron chi connectivity index (χ1n) is 9.14. The summed E-state index contributed by atoms with van der Waals surface area (Å²) in [6.45, 7) is 2.35. The molecule has 0 radical (unpaired) electrons. The minimum Gasteiger partial charge on any atom is -0.248 e. The fourth-order valence-electron chi connectivity index (χ4n) is 3.74. The highest BCUT2D eigenvalue weighted by molar-refractivity contribution is 7.99. The van der Waals surface area contributed by atoms with Crippen molar-refractivity contribution in [3.05, 3.63) is 46.3 Å². The van der Waals surface area contributed by atoms with Gasteiger partial charge in [0.15, 0.2) is 16.0 Å². The molecule has 7 heteroatoms. The third-order valence-corrected chi connectivity index (χ3v) is 7.92. The maximum atomic E-state index is 4.99. The van der Waals surface area contributed by atoms with Crippen molar-refractivity contribution in [1.82, 2.24) is 19.6 Å². The van der Waals surface area contributed by atoms with E-state index in [1.165, 1.54) is 34.2 Å². The molecule has 3 heterocycles. The van der Waals surface area contributed by atoms with Crippen molar-refractivity contribution in [2.24, 2.45) is 5.92 Å². The number of hydrogen-bond donors (Lipinski definition) is 0. The Balaban J connectivity index is 1.63. The van der Waals surface area contributed by atoms with Crippen LogP contribution in [0.15, 0.2) is 40.6 Å². The molecule has 1 aromatic carbocycles. The van der Waals surface area contributed by atoms with Crippen LogP contribution >= 0.6 is 34.9 Å². The summed E-state index contributed by atoms with van der Waals surface area (Å²) in [6, 6.07) is 10.5. The number of nitrogens with zero attached hydrogens (tertiary/aromatic N) is 4. The maximum Gasteiger partial charge on any atom is 0.198 e.